The van der Waals surface area contributed by atoms with Crippen LogP contribution in [-0.4, -0.2) is 11.7 Å². The van der Waals surface area contributed by atoms with Gasteiger partial charge in [-0.3, -0.25) is 0 Å². The van der Waals surface area contributed by atoms with Crippen molar-refractivity contribution in [2.24, 2.45) is 0 Å². The van der Waals surface area contributed by atoms with Gasteiger partial charge in [-0.15, -0.1) is 0 Å². The van der Waals surface area contributed by atoms with Gasteiger partial charge in [-0.1, -0.05) is 12.6 Å². The van der Waals surface area contributed by atoms with E-state index in [1.807, 2.05) is 18.2 Å². The van der Waals surface area contributed by atoms with Crippen molar-refractivity contribution in [3.63, 3.8) is 0 Å². The molecule has 0 fully saturated rings. The van der Waals surface area contributed by atoms with Gasteiger partial charge in [0, 0.05) is 0 Å². The molecule has 1 aromatic rings. The Balaban J connectivity index is 2.32. The second kappa shape index (κ2) is 4.07. The summed E-state index contributed by atoms with van der Waals surface area (Å²) < 4.78 is 5.61. The van der Waals surface area contributed by atoms with Crippen LogP contribution in [-0.2, 0) is 6.42 Å². The zero-order valence-electron chi connectivity index (χ0n) is 8.99. The largest absolute Gasteiger partial charge is 0.489 e. The fourth-order valence-corrected chi connectivity index (χ4v) is 1.76. The van der Waals surface area contributed by atoms with E-state index in [0.717, 1.165) is 29.7 Å². The molecule has 15 heavy (non-hydrogen) atoms. The second-order valence-corrected chi connectivity index (χ2v) is 4.08. The van der Waals surface area contributed by atoms with Crippen molar-refractivity contribution in [1.29, 1.82) is 0 Å². The van der Waals surface area contributed by atoms with E-state index >= 15 is 0 Å². The molecule has 0 aliphatic carbocycles. The topological polar surface area (TPSA) is 29.5 Å². The highest BCUT2D eigenvalue weighted by molar-refractivity contribution is 5.39. The third-order valence-electron chi connectivity index (χ3n) is 2.75. The van der Waals surface area contributed by atoms with E-state index in [2.05, 4.69) is 6.58 Å². The lowest BCUT2D eigenvalue weighted by Gasteiger charge is -2.10. The Morgan fingerprint density at radius 3 is 2.93 bits per heavy atom. The van der Waals surface area contributed by atoms with Crippen LogP contribution in [0.25, 0.3) is 0 Å². The van der Waals surface area contributed by atoms with Crippen LogP contribution < -0.4 is 4.74 Å². The molecule has 0 bridgehead atoms. The van der Waals surface area contributed by atoms with Crippen molar-refractivity contribution < 1.29 is 9.84 Å². The summed E-state index contributed by atoms with van der Waals surface area (Å²) in [5.41, 5.74) is 3.25. The molecule has 1 unspecified atom stereocenters. The quantitative estimate of drug-likeness (QED) is 0.712. The first-order valence-corrected chi connectivity index (χ1v) is 5.27. The average molecular weight is 204 g/mol. The van der Waals surface area contributed by atoms with Crippen LogP contribution >= 0.6 is 0 Å². The van der Waals surface area contributed by atoms with Crippen molar-refractivity contribution in [3.8, 4) is 5.75 Å². The average Bonchev–Trinajstić information content (AvgIpc) is 2.40. The van der Waals surface area contributed by atoms with Gasteiger partial charge in [0.15, 0.2) is 0 Å². The molecular formula is C13H16O2. The fourth-order valence-electron chi connectivity index (χ4n) is 1.76. The van der Waals surface area contributed by atoms with Gasteiger partial charge in [-0.25, -0.2) is 0 Å². The van der Waals surface area contributed by atoms with Crippen molar-refractivity contribution >= 4 is 0 Å². The lowest BCUT2D eigenvalue weighted by atomic mass is 10.0. The fraction of sp³-hybridized carbons (Fsp3) is 0.385. The van der Waals surface area contributed by atoms with E-state index in [-0.39, 0.29) is 0 Å². The monoisotopic (exact) mass is 204 g/mol. The molecule has 1 aliphatic rings. The number of hydrogen-bond donors (Lipinski definition) is 1. The summed E-state index contributed by atoms with van der Waals surface area (Å²) >= 11 is 0. The van der Waals surface area contributed by atoms with Gasteiger partial charge in [-0.05, 0) is 48.6 Å². The van der Waals surface area contributed by atoms with Crippen LogP contribution in [0.5, 0.6) is 5.75 Å². The summed E-state index contributed by atoms with van der Waals surface area (Å²) in [7, 11) is 0. The number of aliphatic hydroxyl groups is 1. The molecule has 0 saturated carbocycles. The van der Waals surface area contributed by atoms with E-state index in [1.165, 1.54) is 5.56 Å². The Morgan fingerprint density at radius 1 is 1.40 bits per heavy atom. The molecule has 1 aliphatic heterocycles. The first kappa shape index (κ1) is 10.2. The zero-order valence-corrected chi connectivity index (χ0v) is 8.99. The lowest BCUT2D eigenvalue weighted by Crippen LogP contribution is -1.98. The maximum atomic E-state index is 9.49. The van der Waals surface area contributed by atoms with Gasteiger partial charge >= 0.3 is 0 Å². The molecule has 1 aromatic carbocycles. The molecule has 2 rings (SSSR count). The Hall–Kier alpha value is -1.28. The van der Waals surface area contributed by atoms with Crippen molar-refractivity contribution in [1.82, 2.24) is 0 Å². The number of rotatable bonds is 1. The molecule has 0 saturated heterocycles. The summed E-state index contributed by atoms with van der Waals surface area (Å²) in [6.07, 6.45) is 1.51. The molecular weight excluding hydrogens is 188 g/mol. The van der Waals surface area contributed by atoms with Gasteiger partial charge in [0.05, 0.1) is 6.10 Å². The smallest absolute Gasteiger partial charge is 0.123 e. The highest BCUT2D eigenvalue weighted by atomic mass is 16.5. The van der Waals surface area contributed by atoms with E-state index in [4.69, 9.17) is 4.74 Å². The van der Waals surface area contributed by atoms with Gasteiger partial charge in [0.25, 0.3) is 0 Å². The molecule has 0 spiro atoms. The van der Waals surface area contributed by atoms with Gasteiger partial charge in [0.1, 0.15) is 12.4 Å². The van der Waals surface area contributed by atoms with Crippen LogP contribution in [0, 0.1) is 0 Å². The molecule has 2 heteroatoms. The Bertz CT molecular complexity index is 380. The lowest BCUT2D eigenvalue weighted by molar-refractivity contribution is 0.199. The summed E-state index contributed by atoms with van der Waals surface area (Å²) in [5.74, 6) is 0.929. The Morgan fingerprint density at radius 2 is 2.20 bits per heavy atom. The maximum absolute atomic E-state index is 9.49. The second-order valence-electron chi connectivity index (χ2n) is 4.08. The van der Waals surface area contributed by atoms with E-state index < -0.39 is 6.10 Å². The van der Waals surface area contributed by atoms with Gasteiger partial charge in [0.2, 0.25) is 0 Å². The van der Waals surface area contributed by atoms with E-state index in [9.17, 15) is 5.11 Å². The van der Waals surface area contributed by atoms with Crippen LogP contribution in [0.1, 0.15) is 30.6 Å². The molecule has 1 heterocycles. The summed E-state index contributed by atoms with van der Waals surface area (Å²) in [6.45, 7) is 6.33. The summed E-state index contributed by atoms with van der Waals surface area (Å²) in [5, 5.41) is 9.49. The number of ether oxygens (including phenoxy) is 1. The molecule has 1 N–H and O–H groups in total. The summed E-state index contributed by atoms with van der Waals surface area (Å²) in [6, 6.07) is 5.88. The third kappa shape index (κ3) is 2.21. The normalized spacial score (nSPS) is 17.6. The molecule has 1 atom stereocenters. The van der Waals surface area contributed by atoms with Crippen molar-refractivity contribution in [2.75, 3.05) is 6.61 Å². The van der Waals surface area contributed by atoms with E-state index in [0.29, 0.717) is 6.61 Å². The summed E-state index contributed by atoms with van der Waals surface area (Å²) in [4.78, 5) is 0. The highest BCUT2D eigenvalue weighted by Crippen LogP contribution is 2.28. The first-order chi connectivity index (χ1) is 7.16. The van der Waals surface area contributed by atoms with Crippen LogP contribution in [0.3, 0.4) is 0 Å². The predicted molar refractivity (Wildman–Crippen MR) is 60.0 cm³/mol. The van der Waals surface area contributed by atoms with Crippen LogP contribution in [0.15, 0.2) is 30.4 Å². The van der Waals surface area contributed by atoms with Gasteiger partial charge < -0.3 is 9.84 Å². The number of aryl methyl sites for hydroxylation is 1. The minimum Gasteiger partial charge on any atom is -0.489 e. The first-order valence-electron chi connectivity index (χ1n) is 5.27. The number of aliphatic hydroxyl groups excluding tert-OH is 1. The number of hydrogen-bond acceptors (Lipinski definition) is 2. The zero-order chi connectivity index (χ0) is 10.8. The maximum Gasteiger partial charge on any atom is 0.123 e. The van der Waals surface area contributed by atoms with Crippen molar-refractivity contribution in [3.05, 3.63) is 41.5 Å². The minimum absolute atomic E-state index is 0.415. The third-order valence-corrected chi connectivity index (χ3v) is 2.75. The van der Waals surface area contributed by atoms with Crippen molar-refractivity contribution in [2.45, 2.75) is 25.9 Å². The molecule has 2 nitrogen and oxygen atoms in total. The Labute approximate surface area is 90.2 Å². The van der Waals surface area contributed by atoms with Crippen LogP contribution in [0.2, 0.25) is 0 Å². The van der Waals surface area contributed by atoms with Crippen LogP contribution in [0.4, 0.5) is 0 Å². The molecule has 0 radical (unpaired) electrons. The number of benzene rings is 1. The standard InChI is InChI=1S/C13H16O2/c1-9-3-4-12-7-11(10(2)14)5-6-13(12)15-8-9/h5-7,10,14H,1,3-4,8H2,2H3. The minimum atomic E-state index is -0.415. The van der Waals surface area contributed by atoms with Gasteiger partial charge in [-0.2, -0.15) is 0 Å². The number of fused-ring (bicyclic) bond motifs is 1. The van der Waals surface area contributed by atoms with E-state index in [1.54, 1.807) is 6.92 Å². The predicted octanol–water partition coefficient (Wildman–Crippen LogP) is 2.62. The Kier molecular flexibility index (Phi) is 2.78. The SMILES string of the molecule is C=C1CCc2cc(C(C)O)ccc2OC1. The molecule has 0 aromatic heterocycles. The highest BCUT2D eigenvalue weighted by Gasteiger charge is 2.12. The molecule has 0 amide bonds. The molecule has 80 valence electrons.